The Hall–Kier alpha value is -1.68. The van der Waals surface area contributed by atoms with Gasteiger partial charge in [0.25, 0.3) is 0 Å². The molecule has 1 aromatic heterocycles. The second kappa shape index (κ2) is 4.45. The van der Waals surface area contributed by atoms with E-state index in [1.54, 1.807) is 35.6 Å². The predicted molar refractivity (Wildman–Crippen MR) is 63.9 cm³/mol. The average Bonchev–Trinajstić information content (AvgIpc) is 2.77. The van der Waals surface area contributed by atoms with Gasteiger partial charge in [0.1, 0.15) is 0 Å². The summed E-state index contributed by atoms with van der Waals surface area (Å²) in [6.07, 6.45) is 0.945. The summed E-state index contributed by atoms with van der Waals surface area (Å²) in [5, 5.41) is 8.79. The number of aromatic carboxylic acids is 1. The van der Waals surface area contributed by atoms with Crippen molar-refractivity contribution in [2.75, 3.05) is 0 Å². The van der Waals surface area contributed by atoms with Crippen molar-refractivity contribution in [2.45, 2.75) is 13.3 Å². The SMILES string of the molecule is CCc1scnc1-c1ccc(C(=O)O)cc1. The lowest BCUT2D eigenvalue weighted by atomic mass is 10.1. The monoisotopic (exact) mass is 233 g/mol. The van der Waals surface area contributed by atoms with Crippen LogP contribution in [0.3, 0.4) is 0 Å². The Bertz CT molecular complexity index is 502. The lowest BCUT2D eigenvalue weighted by Crippen LogP contribution is -1.95. The highest BCUT2D eigenvalue weighted by Gasteiger charge is 2.08. The molecule has 82 valence electrons. The summed E-state index contributed by atoms with van der Waals surface area (Å²) in [6.45, 7) is 2.09. The smallest absolute Gasteiger partial charge is 0.335 e. The molecule has 1 aromatic carbocycles. The summed E-state index contributed by atoms with van der Waals surface area (Å²) in [6, 6.07) is 6.82. The number of thiazole rings is 1. The lowest BCUT2D eigenvalue weighted by Gasteiger charge is -2.01. The minimum atomic E-state index is -0.902. The zero-order chi connectivity index (χ0) is 11.5. The molecule has 1 N–H and O–H groups in total. The van der Waals surface area contributed by atoms with Crippen molar-refractivity contribution in [2.24, 2.45) is 0 Å². The van der Waals surface area contributed by atoms with E-state index in [0.29, 0.717) is 5.56 Å². The molecule has 1 heterocycles. The number of hydrogen-bond acceptors (Lipinski definition) is 3. The van der Waals surface area contributed by atoms with Crippen LogP contribution in [0, 0.1) is 0 Å². The maximum atomic E-state index is 10.7. The van der Waals surface area contributed by atoms with Crippen molar-refractivity contribution in [1.82, 2.24) is 4.98 Å². The van der Waals surface area contributed by atoms with Gasteiger partial charge in [-0.2, -0.15) is 0 Å². The van der Waals surface area contributed by atoms with E-state index in [0.717, 1.165) is 17.7 Å². The number of benzene rings is 1. The van der Waals surface area contributed by atoms with Crippen LogP contribution in [0.15, 0.2) is 29.8 Å². The largest absolute Gasteiger partial charge is 0.478 e. The summed E-state index contributed by atoms with van der Waals surface area (Å²) in [5.41, 5.74) is 4.06. The van der Waals surface area contributed by atoms with Gasteiger partial charge in [-0.15, -0.1) is 11.3 Å². The average molecular weight is 233 g/mol. The van der Waals surface area contributed by atoms with Crippen molar-refractivity contribution < 1.29 is 9.90 Å². The van der Waals surface area contributed by atoms with Crippen molar-refractivity contribution >= 4 is 17.3 Å². The molecule has 0 unspecified atom stereocenters. The Balaban J connectivity index is 2.38. The van der Waals surface area contributed by atoms with E-state index in [1.807, 2.05) is 5.51 Å². The van der Waals surface area contributed by atoms with E-state index in [4.69, 9.17) is 5.11 Å². The summed E-state index contributed by atoms with van der Waals surface area (Å²) >= 11 is 1.63. The van der Waals surface area contributed by atoms with Crippen LogP contribution in [-0.4, -0.2) is 16.1 Å². The molecule has 2 aromatic rings. The molecule has 0 saturated heterocycles. The van der Waals surface area contributed by atoms with Crippen LogP contribution < -0.4 is 0 Å². The predicted octanol–water partition coefficient (Wildman–Crippen LogP) is 3.07. The molecule has 0 radical (unpaired) electrons. The first-order chi connectivity index (χ1) is 7.72. The Morgan fingerprint density at radius 3 is 2.62 bits per heavy atom. The quantitative estimate of drug-likeness (QED) is 0.886. The summed E-state index contributed by atoms with van der Waals surface area (Å²) in [4.78, 5) is 16.2. The number of carboxylic acid groups (broad SMARTS) is 1. The molecular weight excluding hydrogens is 222 g/mol. The molecular formula is C12H11NO2S. The topological polar surface area (TPSA) is 50.2 Å². The third-order valence-corrected chi connectivity index (χ3v) is 3.34. The maximum Gasteiger partial charge on any atom is 0.335 e. The molecule has 0 spiro atoms. The van der Waals surface area contributed by atoms with Gasteiger partial charge < -0.3 is 5.11 Å². The van der Waals surface area contributed by atoms with Gasteiger partial charge in [-0.1, -0.05) is 19.1 Å². The van der Waals surface area contributed by atoms with Crippen molar-refractivity contribution in [3.8, 4) is 11.3 Å². The Kier molecular flexibility index (Phi) is 3.01. The van der Waals surface area contributed by atoms with Crippen LogP contribution in [0.25, 0.3) is 11.3 Å². The Morgan fingerprint density at radius 1 is 1.38 bits per heavy atom. The highest BCUT2D eigenvalue weighted by molar-refractivity contribution is 7.10. The number of carboxylic acids is 1. The highest BCUT2D eigenvalue weighted by Crippen LogP contribution is 2.25. The fourth-order valence-electron chi connectivity index (χ4n) is 1.53. The van der Waals surface area contributed by atoms with E-state index in [1.165, 1.54) is 4.88 Å². The first-order valence-corrected chi connectivity index (χ1v) is 5.86. The minimum absolute atomic E-state index is 0.303. The molecule has 2 rings (SSSR count). The molecule has 0 aliphatic rings. The molecule has 3 nitrogen and oxygen atoms in total. The standard InChI is InChI=1S/C12H11NO2S/c1-2-10-11(13-7-16-10)8-3-5-9(6-4-8)12(14)15/h3-7H,2H2,1H3,(H,14,15). The highest BCUT2D eigenvalue weighted by atomic mass is 32.1. The van der Waals surface area contributed by atoms with Crippen LogP contribution in [-0.2, 0) is 6.42 Å². The molecule has 0 saturated carbocycles. The number of rotatable bonds is 3. The van der Waals surface area contributed by atoms with Crippen LogP contribution in [0.4, 0.5) is 0 Å². The number of aromatic nitrogens is 1. The second-order valence-electron chi connectivity index (χ2n) is 3.36. The number of aryl methyl sites for hydroxylation is 1. The number of hydrogen-bond donors (Lipinski definition) is 1. The van der Waals surface area contributed by atoms with E-state index in [-0.39, 0.29) is 0 Å². The third kappa shape index (κ3) is 1.97. The van der Waals surface area contributed by atoms with Gasteiger partial charge in [0, 0.05) is 10.4 Å². The van der Waals surface area contributed by atoms with Gasteiger partial charge in [0.05, 0.1) is 16.8 Å². The first kappa shape index (κ1) is 10.8. The molecule has 4 heteroatoms. The molecule has 16 heavy (non-hydrogen) atoms. The Labute approximate surface area is 97.4 Å². The third-order valence-electron chi connectivity index (χ3n) is 2.37. The molecule has 0 atom stereocenters. The van der Waals surface area contributed by atoms with Gasteiger partial charge in [-0.3, -0.25) is 0 Å². The first-order valence-electron chi connectivity index (χ1n) is 4.98. The Morgan fingerprint density at radius 2 is 2.06 bits per heavy atom. The summed E-state index contributed by atoms with van der Waals surface area (Å²) in [5.74, 6) is -0.902. The fraction of sp³-hybridized carbons (Fsp3) is 0.167. The maximum absolute atomic E-state index is 10.7. The fourth-order valence-corrected chi connectivity index (χ4v) is 2.26. The van der Waals surface area contributed by atoms with Crippen LogP contribution >= 0.6 is 11.3 Å². The van der Waals surface area contributed by atoms with Gasteiger partial charge in [0.2, 0.25) is 0 Å². The molecule has 0 fully saturated rings. The van der Waals surface area contributed by atoms with Gasteiger partial charge in [-0.05, 0) is 18.6 Å². The van der Waals surface area contributed by atoms with Crippen molar-refractivity contribution in [3.63, 3.8) is 0 Å². The van der Waals surface area contributed by atoms with Crippen LogP contribution in [0.1, 0.15) is 22.2 Å². The summed E-state index contributed by atoms with van der Waals surface area (Å²) < 4.78 is 0. The minimum Gasteiger partial charge on any atom is -0.478 e. The molecule has 0 aliphatic carbocycles. The van der Waals surface area contributed by atoms with Crippen LogP contribution in [0.5, 0.6) is 0 Å². The lowest BCUT2D eigenvalue weighted by molar-refractivity contribution is 0.0697. The van der Waals surface area contributed by atoms with Crippen LogP contribution in [0.2, 0.25) is 0 Å². The van der Waals surface area contributed by atoms with Gasteiger partial charge >= 0.3 is 5.97 Å². The number of nitrogens with zero attached hydrogens (tertiary/aromatic N) is 1. The van der Waals surface area contributed by atoms with E-state index < -0.39 is 5.97 Å². The van der Waals surface area contributed by atoms with Crippen molar-refractivity contribution in [3.05, 3.63) is 40.2 Å². The van der Waals surface area contributed by atoms with Crippen molar-refractivity contribution in [1.29, 1.82) is 0 Å². The summed E-state index contributed by atoms with van der Waals surface area (Å²) in [7, 11) is 0. The second-order valence-corrected chi connectivity index (χ2v) is 4.30. The molecule has 0 amide bonds. The zero-order valence-electron chi connectivity index (χ0n) is 8.80. The van der Waals surface area contributed by atoms with E-state index in [2.05, 4.69) is 11.9 Å². The van der Waals surface area contributed by atoms with E-state index in [9.17, 15) is 4.79 Å². The number of carbonyl (C=O) groups is 1. The zero-order valence-corrected chi connectivity index (χ0v) is 9.62. The van der Waals surface area contributed by atoms with Gasteiger partial charge in [0.15, 0.2) is 0 Å². The van der Waals surface area contributed by atoms with E-state index >= 15 is 0 Å². The molecule has 0 aliphatic heterocycles. The molecule has 0 bridgehead atoms. The normalized spacial score (nSPS) is 10.3. The van der Waals surface area contributed by atoms with Gasteiger partial charge in [-0.25, -0.2) is 9.78 Å².